The Labute approximate surface area is 90.6 Å². The van der Waals surface area contributed by atoms with Gasteiger partial charge >= 0.3 is 0 Å². The molecule has 0 bridgehead atoms. The molecule has 0 aliphatic carbocycles. The first-order valence-electron chi connectivity index (χ1n) is 4.06. The lowest BCUT2D eigenvalue weighted by molar-refractivity contribution is 0.112. The minimum absolute atomic E-state index is 0.116. The Morgan fingerprint density at radius 3 is 3.00 bits per heavy atom. The second kappa shape index (κ2) is 3.73. The zero-order valence-corrected chi connectivity index (χ0v) is 8.94. The van der Waals surface area contributed by atoms with Gasteiger partial charge in [0.1, 0.15) is 6.29 Å². The number of carbonyl (C=O) groups is 1. The van der Waals surface area contributed by atoms with Crippen LogP contribution in [-0.4, -0.2) is 11.4 Å². The van der Waals surface area contributed by atoms with Crippen LogP contribution >= 0.6 is 24.0 Å². The van der Waals surface area contributed by atoms with Crippen molar-refractivity contribution in [3.8, 4) is 0 Å². The lowest BCUT2D eigenvalue weighted by Gasteiger charge is -2.05. The molecule has 1 aromatic heterocycles. The molecular formula is C10H8O2S2. The zero-order valence-electron chi connectivity index (χ0n) is 7.23. The molecule has 0 aliphatic heterocycles. The third-order valence-electron chi connectivity index (χ3n) is 2.15. The van der Waals surface area contributed by atoms with Gasteiger partial charge in [0.2, 0.25) is 0 Å². The molecule has 72 valence electrons. The van der Waals surface area contributed by atoms with Crippen LogP contribution in [0.4, 0.5) is 0 Å². The van der Waals surface area contributed by atoms with Crippen molar-refractivity contribution in [3.05, 3.63) is 28.6 Å². The molecule has 0 atom stereocenters. The maximum atomic E-state index is 10.8. The summed E-state index contributed by atoms with van der Waals surface area (Å²) in [5.41, 5.74) is 1.21. The van der Waals surface area contributed by atoms with E-state index < -0.39 is 0 Å². The van der Waals surface area contributed by atoms with Gasteiger partial charge in [-0.2, -0.15) is 0 Å². The number of thiophene rings is 1. The highest BCUT2D eigenvalue weighted by molar-refractivity contribution is 7.80. The van der Waals surface area contributed by atoms with Crippen LogP contribution in [0, 0.1) is 0 Å². The number of fused-ring (bicyclic) bond motifs is 1. The lowest BCUT2D eigenvalue weighted by Crippen LogP contribution is -1.93. The molecule has 14 heavy (non-hydrogen) atoms. The van der Waals surface area contributed by atoms with Crippen molar-refractivity contribution in [3.63, 3.8) is 0 Å². The van der Waals surface area contributed by atoms with Crippen molar-refractivity contribution in [1.29, 1.82) is 0 Å². The molecule has 1 heterocycles. The number of carbonyl (C=O) groups excluding carboxylic acids is 1. The molecule has 0 saturated heterocycles. The molecule has 0 radical (unpaired) electrons. The van der Waals surface area contributed by atoms with E-state index >= 15 is 0 Å². The number of rotatable bonds is 2. The first kappa shape index (κ1) is 9.71. The smallest absolute Gasteiger partial charge is 0.150 e. The SMILES string of the molecule is O=Cc1cc(S)c2sccc2c1CO. The van der Waals surface area contributed by atoms with Gasteiger partial charge in [0.15, 0.2) is 0 Å². The van der Waals surface area contributed by atoms with Crippen LogP contribution in [-0.2, 0) is 6.61 Å². The Kier molecular flexibility index (Phi) is 2.58. The van der Waals surface area contributed by atoms with Gasteiger partial charge in [-0.15, -0.1) is 24.0 Å². The van der Waals surface area contributed by atoms with Crippen molar-refractivity contribution in [2.75, 3.05) is 0 Å². The van der Waals surface area contributed by atoms with E-state index in [4.69, 9.17) is 0 Å². The van der Waals surface area contributed by atoms with Crippen molar-refractivity contribution in [1.82, 2.24) is 0 Å². The number of hydrogen-bond acceptors (Lipinski definition) is 4. The summed E-state index contributed by atoms with van der Waals surface area (Å²) >= 11 is 5.86. The van der Waals surface area contributed by atoms with Gasteiger partial charge in [-0.3, -0.25) is 4.79 Å². The predicted octanol–water partition coefficient (Wildman–Crippen LogP) is 2.49. The van der Waals surface area contributed by atoms with E-state index in [1.54, 1.807) is 17.4 Å². The fraction of sp³-hybridized carbons (Fsp3) is 0.100. The van der Waals surface area contributed by atoms with Crippen LogP contribution in [0.15, 0.2) is 22.4 Å². The van der Waals surface area contributed by atoms with Crippen molar-refractivity contribution in [2.24, 2.45) is 0 Å². The van der Waals surface area contributed by atoms with Crippen molar-refractivity contribution >= 4 is 40.3 Å². The van der Waals surface area contributed by atoms with E-state index in [0.717, 1.165) is 21.3 Å². The van der Waals surface area contributed by atoms with Gasteiger partial charge in [0.25, 0.3) is 0 Å². The normalized spacial score (nSPS) is 10.7. The van der Waals surface area contributed by atoms with Crippen LogP contribution in [0.1, 0.15) is 15.9 Å². The number of thiol groups is 1. The number of aldehydes is 1. The minimum Gasteiger partial charge on any atom is -0.392 e. The maximum Gasteiger partial charge on any atom is 0.150 e. The average molecular weight is 224 g/mol. The number of benzene rings is 1. The molecule has 0 unspecified atom stereocenters. The molecule has 1 aromatic carbocycles. The fourth-order valence-electron chi connectivity index (χ4n) is 1.48. The van der Waals surface area contributed by atoms with E-state index in [1.807, 2.05) is 11.4 Å². The summed E-state index contributed by atoms with van der Waals surface area (Å²) in [6.07, 6.45) is 0.752. The van der Waals surface area contributed by atoms with E-state index in [0.29, 0.717) is 11.1 Å². The number of aliphatic hydroxyl groups excluding tert-OH is 1. The first-order chi connectivity index (χ1) is 6.77. The molecule has 2 aromatic rings. The summed E-state index contributed by atoms with van der Waals surface area (Å²) in [6, 6.07) is 3.60. The summed E-state index contributed by atoms with van der Waals surface area (Å²) in [6.45, 7) is -0.116. The van der Waals surface area contributed by atoms with E-state index in [9.17, 15) is 9.90 Å². The van der Waals surface area contributed by atoms with Crippen molar-refractivity contribution in [2.45, 2.75) is 11.5 Å². The molecule has 0 amide bonds. The first-order valence-corrected chi connectivity index (χ1v) is 5.38. The second-order valence-electron chi connectivity index (χ2n) is 2.90. The quantitative estimate of drug-likeness (QED) is 0.607. The summed E-state index contributed by atoms with van der Waals surface area (Å²) < 4.78 is 1.02. The standard InChI is InChI=1S/C10H8O2S2/c11-4-6-3-9(13)10-7(1-2-14-10)8(6)5-12/h1-4,12-13H,5H2. The summed E-state index contributed by atoms with van der Waals surface area (Å²) in [5, 5.41) is 12.0. The van der Waals surface area contributed by atoms with Gasteiger partial charge in [-0.25, -0.2) is 0 Å². The minimum atomic E-state index is -0.116. The summed E-state index contributed by atoms with van der Waals surface area (Å²) in [5.74, 6) is 0. The molecule has 2 rings (SSSR count). The number of hydrogen-bond donors (Lipinski definition) is 2. The highest BCUT2D eigenvalue weighted by atomic mass is 32.1. The molecule has 4 heteroatoms. The van der Waals surface area contributed by atoms with E-state index in [2.05, 4.69) is 12.6 Å². The molecule has 0 aliphatic rings. The van der Waals surface area contributed by atoms with Gasteiger partial charge in [-0.05, 0) is 28.5 Å². The Hall–Kier alpha value is -0.840. The summed E-state index contributed by atoms with van der Waals surface area (Å²) in [4.78, 5) is 11.5. The molecule has 0 fully saturated rings. The zero-order chi connectivity index (χ0) is 10.1. The van der Waals surface area contributed by atoms with Crippen molar-refractivity contribution < 1.29 is 9.90 Å². The van der Waals surface area contributed by atoms with Crippen LogP contribution in [0.2, 0.25) is 0 Å². The third kappa shape index (κ3) is 1.35. The monoisotopic (exact) mass is 224 g/mol. The highest BCUT2D eigenvalue weighted by Crippen LogP contribution is 2.32. The topological polar surface area (TPSA) is 37.3 Å². The van der Waals surface area contributed by atoms with Crippen LogP contribution in [0.5, 0.6) is 0 Å². The van der Waals surface area contributed by atoms with Gasteiger partial charge in [0.05, 0.1) is 6.61 Å². The molecular weight excluding hydrogens is 216 g/mol. The van der Waals surface area contributed by atoms with Crippen LogP contribution < -0.4 is 0 Å². The van der Waals surface area contributed by atoms with E-state index in [1.165, 1.54) is 0 Å². The molecule has 1 N–H and O–H groups in total. The van der Waals surface area contributed by atoms with Crippen LogP contribution in [0.25, 0.3) is 10.1 Å². The Morgan fingerprint density at radius 1 is 1.57 bits per heavy atom. The molecule has 0 spiro atoms. The third-order valence-corrected chi connectivity index (χ3v) is 3.60. The van der Waals surface area contributed by atoms with Crippen LogP contribution in [0.3, 0.4) is 0 Å². The van der Waals surface area contributed by atoms with E-state index in [-0.39, 0.29) is 6.61 Å². The largest absolute Gasteiger partial charge is 0.392 e. The number of aliphatic hydroxyl groups is 1. The second-order valence-corrected chi connectivity index (χ2v) is 4.30. The summed E-state index contributed by atoms with van der Waals surface area (Å²) in [7, 11) is 0. The Bertz CT molecular complexity index is 488. The van der Waals surface area contributed by atoms with Gasteiger partial charge < -0.3 is 5.11 Å². The Balaban J connectivity index is 2.88. The maximum absolute atomic E-state index is 10.8. The predicted molar refractivity (Wildman–Crippen MR) is 60.4 cm³/mol. The lowest BCUT2D eigenvalue weighted by atomic mass is 10.1. The molecule has 2 nitrogen and oxygen atoms in total. The molecule has 0 saturated carbocycles. The average Bonchev–Trinajstić information content (AvgIpc) is 2.66. The van der Waals surface area contributed by atoms with Gasteiger partial charge in [0, 0.05) is 15.2 Å². The van der Waals surface area contributed by atoms with Gasteiger partial charge in [-0.1, -0.05) is 0 Å². The fourth-order valence-corrected chi connectivity index (χ4v) is 2.74. The highest BCUT2D eigenvalue weighted by Gasteiger charge is 2.10. The Morgan fingerprint density at radius 2 is 2.36 bits per heavy atom.